The SMILES string of the molecule is CC1CCCN(C(=O)c2ccc3ncc(-c4ccc(F)nc4)nc3c2)C1. The van der Waals surface area contributed by atoms with Crippen LogP contribution in [0.4, 0.5) is 4.39 Å². The molecule has 0 N–H and O–H groups in total. The molecule has 0 bridgehead atoms. The molecule has 1 unspecified atom stereocenters. The van der Waals surface area contributed by atoms with Gasteiger partial charge in [-0.3, -0.25) is 9.78 Å². The summed E-state index contributed by atoms with van der Waals surface area (Å²) in [6, 6.07) is 8.30. The van der Waals surface area contributed by atoms with E-state index < -0.39 is 5.95 Å². The Hall–Kier alpha value is -2.89. The van der Waals surface area contributed by atoms with Gasteiger partial charge in [0.05, 0.1) is 22.9 Å². The molecule has 26 heavy (non-hydrogen) atoms. The number of hydrogen-bond donors (Lipinski definition) is 0. The third-order valence-corrected chi connectivity index (χ3v) is 4.76. The number of amides is 1. The van der Waals surface area contributed by atoms with Gasteiger partial charge in [-0.15, -0.1) is 0 Å². The molecule has 1 fully saturated rings. The molecule has 1 saturated heterocycles. The van der Waals surface area contributed by atoms with Crippen LogP contribution in [0.25, 0.3) is 22.3 Å². The summed E-state index contributed by atoms with van der Waals surface area (Å²) in [5.74, 6) is 0.0331. The highest BCUT2D eigenvalue weighted by molar-refractivity contribution is 5.97. The molecule has 4 rings (SSSR count). The average Bonchev–Trinajstić information content (AvgIpc) is 2.67. The van der Waals surface area contributed by atoms with E-state index in [0.29, 0.717) is 33.8 Å². The van der Waals surface area contributed by atoms with Crippen LogP contribution in [0, 0.1) is 11.9 Å². The molecule has 0 aliphatic carbocycles. The van der Waals surface area contributed by atoms with E-state index in [1.165, 1.54) is 18.7 Å². The van der Waals surface area contributed by atoms with Crippen LogP contribution < -0.4 is 0 Å². The molecule has 2 aromatic heterocycles. The summed E-state index contributed by atoms with van der Waals surface area (Å²) in [6.45, 7) is 3.77. The summed E-state index contributed by atoms with van der Waals surface area (Å²) in [6.07, 6.45) is 5.27. The number of carbonyl (C=O) groups is 1. The van der Waals surface area contributed by atoms with E-state index in [2.05, 4.69) is 21.9 Å². The normalized spacial score (nSPS) is 17.5. The van der Waals surface area contributed by atoms with Crippen LogP contribution in [-0.2, 0) is 0 Å². The van der Waals surface area contributed by atoms with Crippen LogP contribution in [0.5, 0.6) is 0 Å². The van der Waals surface area contributed by atoms with Crippen molar-refractivity contribution < 1.29 is 9.18 Å². The maximum Gasteiger partial charge on any atom is 0.253 e. The van der Waals surface area contributed by atoms with E-state index in [9.17, 15) is 9.18 Å². The smallest absolute Gasteiger partial charge is 0.253 e. The molecule has 5 nitrogen and oxygen atoms in total. The number of likely N-dealkylation sites (tertiary alicyclic amines) is 1. The lowest BCUT2D eigenvalue weighted by Crippen LogP contribution is -2.39. The van der Waals surface area contributed by atoms with Crippen LogP contribution >= 0.6 is 0 Å². The lowest BCUT2D eigenvalue weighted by Gasteiger charge is -2.31. The van der Waals surface area contributed by atoms with Crippen molar-refractivity contribution in [1.82, 2.24) is 19.9 Å². The van der Waals surface area contributed by atoms with Crippen LogP contribution in [0.2, 0.25) is 0 Å². The van der Waals surface area contributed by atoms with E-state index in [1.54, 1.807) is 24.4 Å². The van der Waals surface area contributed by atoms with Gasteiger partial charge in [0.15, 0.2) is 0 Å². The van der Waals surface area contributed by atoms with Crippen LogP contribution in [0.15, 0.2) is 42.7 Å². The number of piperidine rings is 1. The van der Waals surface area contributed by atoms with Crippen molar-refractivity contribution in [3.63, 3.8) is 0 Å². The third kappa shape index (κ3) is 3.27. The molecule has 1 aromatic carbocycles. The lowest BCUT2D eigenvalue weighted by molar-refractivity contribution is 0.0683. The third-order valence-electron chi connectivity index (χ3n) is 4.76. The van der Waals surface area contributed by atoms with Crippen molar-refractivity contribution in [1.29, 1.82) is 0 Å². The molecule has 0 saturated carbocycles. The quantitative estimate of drug-likeness (QED) is 0.661. The zero-order valence-corrected chi connectivity index (χ0v) is 14.5. The molecule has 0 spiro atoms. The summed E-state index contributed by atoms with van der Waals surface area (Å²) in [5, 5.41) is 0. The van der Waals surface area contributed by atoms with Gasteiger partial charge >= 0.3 is 0 Å². The summed E-state index contributed by atoms with van der Waals surface area (Å²) < 4.78 is 13.0. The number of benzene rings is 1. The minimum Gasteiger partial charge on any atom is -0.338 e. The Bertz CT molecular complexity index is 958. The van der Waals surface area contributed by atoms with Crippen LogP contribution in [-0.4, -0.2) is 38.8 Å². The maximum absolute atomic E-state index is 13.0. The molecule has 1 aliphatic rings. The predicted octanol–water partition coefficient (Wildman–Crippen LogP) is 3.70. The van der Waals surface area contributed by atoms with Gasteiger partial charge in [-0.25, -0.2) is 9.97 Å². The van der Waals surface area contributed by atoms with E-state index >= 15 is 0 Å². The molecular weight excluding hydrogens is 331 g/mol. The largest absolute Gasteiger partial charge is 0.338 e. The van der Waals surface area contributed by atoms with E-state index in [-0.39, 0.29) is 5.91 Å². The van der Waals surface area contributed by atoms with Gasteiger partial charge in [-0.05, 0) is 49.1 Å². The van der Waals surface area contributed by atoms with Gasteiger partial charge in [-0.1, -0.05) is 6.92 Å². The number of hydrogen-bond acceptors (Lipinski definition) is 4. The number of nitrogens with zero attached hydrogens (tertiary/aromatic N) is 4. The molecule has 6 heteroatoms. The number of aromatic nitrogens is 3. The summed E-state index contributed by atoms with van der Waals surface area (Å²) in [7, 11) is 0. The topological polar surface area (TPSA) is 59.0 Å². The Morgan fingerprint density at radius 2 is 2.04 bits per heavy atom. The van der Waals surface area contributed by atoms with Gasteiger partial charge < -0.3 is 4.90 Å². The molecular formula is C20H19FN4O. The standard InChI is InChI=1S/C20H19FN4O/c1-13-3-2-8-25(12-13)20(26)14-4-6-16-17(9-14)24-18(11-22-16)15-5-7-19(21)23-10-15/h4-7,9-11,13H,2-3,8,12H2,1H3. The minimum atomic E-state index is -0.536. The number of rotatable bonds is 2. The molecule has 132 valence electrons. The Morgan fingerprint density at radius 3 is 2.81 bits per heavy atom. The molecule has 1 aliphatic heterocycles. The molecule has 3 heterocycles. The molecule has 3 aromatic rings. The fourth-order valence-electron chi connectivity index (χ4n) is 3.37. The van der Waals surface area contributed by atoms with Crippen LogP contribution in [0.3, 0.4) is 0 Å². The van der Waals surface area contributed by atoms with Gasteiger partial charge in [0.25, 0.3) is 5.91 Å². The highest BCUT2D eigenvalue weighted by Gasteiger charge is 2.22. The van der Waals surface area contributed by atoms with Crippen molar-refractivity contribution in [2.75, 3.05) is 13.1 Å². The van der Waals surface area contributed by atoms with Crippen molar-refractivity contribution in [2.24, 2.45) is 5.92 Å². The number of carbonyl (C=O) groups excluding carboxylic acids is 1. The predicted molar refractivity (Wildman–Crippen MR) is 97.0 cm³/mol. The Kier molecular flexibility index (Phi) is 4.32. The summed E-state index contributed by atoms with van der Waals surface area (Å²) >= 11 is 0. The first-order valence-electron chi connectivity index (χ1n) is 8.78. The van der Waals surface area contributed by atoms with Gasteiger partial charge in [0.1, 0.15) is 0 Å². The van der Waals surface area contributed by atoms with E-state index in [0.717, 1.165) is 19.5 Å². The van der Waals surface area contributed by atoms with Gasteiger partial charge in [0.2, 0.25) is 5.95 Å². The summed E-state index contributed by atoms with van der Waals surface area (Å²) in [5.41, 5.74) is 3.26. The van der Waals surface area contributed by atoms with Crippen molar-refractivity contribution in [3.05, 3.63) is 54.2 Å². The second kappa shape index (κ2) is 6.78. The molecule has 1 amide bonds. The summed E-state index contributed by atoms with van der Waals surface area (Å²) in [4.78, 5) is 27.4. The average molecular weight is 350 g/mol. The Balaban J connectivity index is 1.67. The Morgan fingerprint density at radius 1 is 1.15 bits per heavy atom. The highest BCUT2D eigenvalue weighted by Crippen LogP contribution is 2.22. The second-order valence-corrected chi connectivity index (χ2v) is 6.83. The van der Waals surface area contributed by atoms with E-state index in [4.69, 9.17) is 0 Å². The fraction of sp³-hybridized carbons (Fsp3) is 0.300. The van der Waals surface area contributed by atoms with E-state index in [1.807, 2.05) is 11.0 Å². The molecule has 0 radical (unpaired) electrons. The van der Waals surface area contributed by atoms with Gasteiger partial charge in [0, 0.05) is 30.4 Å². The molecule has 1 atom stereocenters. The number of fused-ring (bicyclic) bond motifs is 1. The zero-order valence-electron chi connectivity index (χ0n) is 14.5. The fourth-order valence-corrected chi connectivity index (χ4v) is 3.37. The monoisotopic (exact) mass is 350 g/mol. The first-order valence-corrected chi connectivity index (χ1v) is 8.78. The first kappa shape index (κ1) is 16.6. The Labute approximate surface area is 150 Å². The van der Waals surface area contributed by atoms with Crippen LogP contribution in [0.1, 0.15) is 30.1 Å². The van der Waals surface area contributed by atoms with Crippen molar-refractivity contribution in [3.8, 4) is 11.3 Å². The van der Waals surface area contributed by atoms with Crippen molar-refractivity contribution in [2.45, 2.75) is 19.8 Å². The highest BCUT2D eigenvalue weighted by atomic mass is 19.1. The van der Waals surface area contributed by atoms with Gasteiger partial charge in [-0.2, -0.15) is 4.39 Å². The minimum absolute atomic E-state index is 0.0362. The van der Waals surface area contributed by atoms with Crippen molar-refractivity contribution >= 4 is 16.9 Å². The first-order chi connectivity index (χ1) is 12.6. The maximum atomic E-state index is 13.0. The lowest BCUT2D eigenvalue weighted by atomic mass is 9.99. The zero-order chi connectivity index (χ0) is 18.1. The number of halogens is 1. The second-order valence-electron chi connectivity index (χ2n) is 6.83. The number of pyridine rings is 1.